The van der Waals surface area contributed by atoms with Gasteiger partial charge < -0.3 is 19.9 Å². The Hall–Kier alpha value is -2.18. The van der Waals surface area contributed by atoms with Crippen molar-refractivity contribution in [3.8, 4) is 5.75 Å². The summed E-state index contributed by atoms with van der Waals surface area (Å²) in [5.41, 5.74) is 2.49. The van der Waals surface area contributed by atoms with Gasteiger partial charge in [0.25, 0.3) is 5.91 Å². The van der Waals surface area contributed by atoms with Gasteiger partial charge in [-0.05, 0) is 43.3 Å². The number of nitrogens with one attached hydrogen (secondary N) is 2. The average Bonchev–Trinajstić information content (AvgIpc) is 2.73. The SMILES string of the molecule is COc1ccc(N2CC[NH+](CC(=O)NCCSc3ccc(C)cc3)CC2)cc1. The number of rotatable bonds is 8. The quantitative estimate of drug-likeness (QED) is 0.522. The van der Waals surface area contributed by atoms with Crippen molar-refractivity contribution in [2.75, 3.05) is 57.0 Å². The molecule has 5 nitrogen and oxygen atoms in total. The summed E-state index contributed by atoms with van der Waals surface area (Å²) in [6.45, 7) is 7.27. The van der Waals surface area contributed by atoms with Gasteiger partial charge in [0, 0.05) is 22.9 Å². The zero-order chi connectivity index (χ0) is 19.8. The predicted octanol–water partition coefficient (Wildman–Crippen LogP) is 1.62. The van der Waals surface area contributed by atoms with Crippen molar-refractivity contribution in [3.63, 3.8) is 0 Å². The molecule has 1 aliphatic rings. The summed E-state index contributed by atoms with van der Waals surface area (Å²) in [6, 6.07) is 16.7. The fourth-order valence-corrected chi connectivity index (χ4v) is 4.10. The second-order valence-electron chi connectivity index (χ2n) is 7.12. The topological polar surface area (TPSA) is 46.0 Å². The molecule has 2 N–H and O–H groups in total. The van der Waals surface area contributed by atoms with Gasteiger partial charge in [0.15, 0.2) is 6.54 Å². The molecule has 2 aromatic carbocycles. The van der Waals surface area contributed by atoms with Crippen molar-refractivity contribution < 1.29 is 14.4 Å². The average molecular weight is 401 g/mol. The summed E-state index contributed by atoms with van der Waals surface area (Å²) < 4.78 is 5.22. The van der Waals surface area contributed by atoms with E-state index in [9.17, 15) is 4.79 Å². The molecule has 0 aromatic heterocycles. The van der Waals surface area contributed by atoms with E-state index in [1.165, 1.54) is 21.0 Å². The van der Waals surface area contributed by atoms with Gasteiger partial charge in [-0.25, -0.2) is 0 Å². The largest absolute Gasteiger partial charge is 0.497 e. The number of ether oxygens (including phenoxy) is 1. The third-order valence-corrected chi connectivity index (χ3v) is 6.05. The van der Waals surface area contributed by atoms with Gasteiger partial charge >= 0.3 is 0 Å². The number of piperazine rings is 1. The number of anilines is 1. The molecule has 1 amide bonds. The van der Waals surface area contributed by atoms with Crippen LogP contribution in [0.4, 0.5) is 5.69 Å². The molecular weight excluding hydrogens is 370 g/mol. The van der Waals surface area contributed by atoms with Crippen LogP contribution < -0.4 is 19.9 Å². The molecule has 28 heavy (non-hydrogen) atoms. The molecule has 6 heteroatoms. The molecule has 0 atom stereocenters. The number of hydrogen-bond acceptors (Lipinski definition) is 4. The fraction of sp³-hybridized carbons (Fsp3) is 0.409. The van der Waals surface area contributed by atoms with Crippen molar-refractivity contribution in [2.45, 2.75) is 11.8 Å². The highest BCUT2D eigenvalue weighted by Gasteiger charge is 2.22. The third kappa shape index (κ3) is 6.17. The van der Waals surface area contributed by atoms with Crippen molar-refractivity contribution in [2.24, 2.45) is 0 Å². The molecule has 1 heterocycles. The highest BCUT2D eigenvalue weighted by atomic mass is 32.2. The van der Waals surface area contributed by atoms with Crippen LogP contribution in [0, 0.1) is 6.92 Å². The normalized spacial score (nSPS) is 14.7. The standard InChI is InChI=1S/C22H29N3O2S/c1-18-3-9-21(10-4-18)28-16-11-23-22(26)17-24-12-14-25(15-13-24)19-5-7-20(27-2)8-6-19/h3-10H,11-17H2,1-2H3,(H,23,26)/p+1. The van der Waals surface area contributed by atoms with E-state index in [4.69, 9.17) is 4.74 Å². The molecule has 0 aliphatic carbocycles. The van der Waals surface area contributed by atoms with Crippen LogP contribution in [0.25, 0.3) is 0 Å². The van der Waals surface area contributed by atoms with Gasteiger partial charge in [-0.2, -0.15) is 0 Å². The van der Waals surface area contributed by atoms with Gasteiger partial charge in [-0.3, -0.25) is 4.79 Å². The summed E-state index contributed by atoms with van der Waals surface area (Å²) in [6.07, 6.45) is 0. The van der Waals surface area contributed by atoms with E-state index < -0.39 is 0 Å². The number of carbonyl (C=O) groups excluding carboxylic acids is 1. The van der Waals surface area contributed by atoms with E-state index in [2.05, 4.69) is 53.5 Å². The van der Waals surface area contributed by atoms with Crippen LogP contribution in [-0.4, -0.2) is 58.0 Å². The van der Waals surface area contributed by atoms with Crippen molar-refractivity contribution >= 4 is 23.4 Å². The number of methoxy groups -OCH3 is 1. The molecule has 1 aliphatic heterocycles. The maximum absolute atomic E-state index is 12.2. The highest BCUT2D eigenvalue weighted by molar-refractivity contribution is 7.99. The minimum atomic E-state index is 0.150. The van der Waals surface area contributed by atoms with E-state index in [1.54, 1.807) is 18.9 Å². The lowest BCUT2D eigenvalue weighted by molar-refractivity contribution is -0.892. The Morgan fingerprint density at radius 3 is 2.43 bits per heavy atom. The number of carbonyl (C=O) groups is 1. The first-order valence-corrected chi connectivity index (χ1v) is 10.8. The molecule has 1 saturated heterocycles. The summed E-state index contributed by atoms with van der Waals surface area (Å²) in [5, 5.41) is 3.06. The monoisotopic (exact) mass is 400 g/mol. The minimum Gasteiger partial charge on any atom is -0.497 e. The Morgan fingerprint density at radius 1 is 1.11 bits per heavy atom. The maximum atomic E-state index is 12.2. The smallest absolute Gasteiger partial charge is 0.275 e. The molecule has 150 valence electrons. The molecule has 0 spiro atoms. The molecule has 1 fully saturated rings. The van der Waals surface area contributed by atoms with Crippen LogP contribution in [0.1, 0.15) is 5.56 Å². The van der Waals surface area contributed by atoms with E-state index in [1.807, 2.05) is 12.1 Å². The van der Waals surface area contributed by atoms with Crippen LogP contribution >= 0.6 is 11.8 Å². The molecule has 0 bridgehead atoms. The Kier molecular flexibility index (Phi) is 7.62. The lowest BCUT2D eigenvalue weighted by Gasteiger charge is -2.33. The van der Waals surface area contributed by atoms with Gasteiger partial charge in [0.05, 0.1) is 33.3 Å². The summed E-state index contributed by atoms with van der Waals surface area (Å²) in [4.78, 5) is 17.2. The predicted molar refractivity (Wildman–Crippen MR) is 116 cm³/mol. The number of aryl methyl sites for hydroxylation is 1. The van der Waals surface area contributed by atoms with Gasteiger partial charge in [-0.15, -0.1) is 11.8 Å². The number of amides is 1. The first-order valence-electron chi connectivity index (χ1n) is 9.83. The van der Waals surface area contributed by atoms with E-state index in [0.29, 0.717) is 13.1 Å². The lowest BCUT2D eigenvalue weighted by Crippen LogP contribution is -3.16. The molecule has 2 aromatic rings. The Labute approximate surface area is 172 Å². The second-order valence-corrected chi connectivity index (χ2v) is 8.29. The van der Waals surface area contributed by atoms with Crippen LogP contribution in [-0.2, 0) is 4.79 Å². The first-order chi connectivity index (χ1) is 13.6. The van der Waals surface area contributed by atoms with Gasteiger partial charge in [0.1, 0.15) is 5.75 Å². The van der Waals surface area contributed by atoms with Gasteiger partial charge in [-0.1, -0.05) is 17.7 Å². The molecule has 0 unspecified atom stereocenters. The minimum absolute atomic E-state index is 0.150. The van der Waals surface area contributed by atoms with Crippen LogP contribution in [0.2, 0.25) is 0 Å². The lowest BCUT2D eigenvalue weighted by atomic mass is 10.2. The summed E-state index contributed by atoms with van der Waals surface area (Å²) in [7, 11) is 1.68. The first kappa shape index (κ1) is 20.6. The summed E-state index contributed by atoms with van der Waals surface area (Å²) in [5.74, 6) is 1.93. The van der Waals surface area contributed by atoms with Crippen molar-refractivity contribution in [1.82, 2.24) is 5.32 Å². The van der Waals surface area contributed by atoms with E-state index in [-0.39, 0.29) is 5.91 Å². The van der Waals surface area contributed by atoms with Crippen LogP contribution in [0.5, 0.6) is 5.75 Å². The molecular formula is C22H30N3O2S+. The number of thioether (sulfide) groups is 1. The second kappa shape index (κ2) is 10.4. The fourth-order valence-electron chi connectivity index (χ4n) is 3.33. The highest BCUT2D eigenvalue weighted by Crippen LogP contribution is 2.19. The van der Waals surface area contributed by atoms with E-state index >= 15 is 0 Å². The van der Waals surface area contributed by atoms with Crippen LogP contribution in [0.3, 0.4) is 0 Å². The zero-order valence-corrected chi connectivity index (χ0v) is 17.6. The Morgan fingerprint density at radius 2 is 1.79 bits per heavy atom. The molecule has 0 radical (unpaired) electrons. The zero-order valence-electron chi connectivity index (χ0n) is 16.7. The Bertz CT molecular complexity index is 741. The number of quaternary nitrogens is 1. The molecule has 0 saturated carbocycles. The van der Waals surface area contributed by atoms with E-state index in [0.717, 1.165) is 37.7 Å². The number of benzene rings is 2. The van der Waals surface area contributed by atoms with Crippen molar-refractivity contribution in [1.29, 1.82) is 0 Å². The third-order valence-electron chi connectivity index (χ3n) is 5.03. The molecule has 3 rings (SSSR count). The summed E-state index contributed by atoms with van der Waals surface area (Å²) >= 11 is 1.78. The van der Waals surface area contributed by atoms with Crippen molar-refractivity contribution in [3.05, 3.63) is 54.1 Å². The number of nitrogens with zero attached hydrogens (tertiary/aromatic N) is 1. The number of hydrogen-bond donors (Lipinski definition) is 2. The maximum Gasteiger partial charge on any atom is 0.275 e. The van der Waals surface area contributed by atoms with Gasteiger partial charge in [0.2, 0.25) is 0 Å². The van der Waals surface area contributed by atoms with Crippen LogP contribution in [0.15, 0.2) is 53.4 Å². The Balaban J connectivity index is 1.32.